The summed E-state index contributed by atoms with van der Waals surface area (Å²) in [6, 6.07) is 2.96. The predicted molar refractivity (Wildman–Crippen MR) is 56.7 cm³/mol. The number of aliphatic hydroxyl groups excluding tert-OH is 1. The summed E-state index contributed by atoms with van der Waals surface area (Å²) < 4.78 is 0. The second-order valence-electron chi connectivity index (χ2n) is 3.00. The molecule has 0 atom stereocenters. The normalized spacial score (nSPS) is 10.9. The maximum absolute atomic E-state index is 10.7. The molecule has 0 fully saturated rings. The summed E-state index contributed by atoms with van der Waals surface area (Å²) in [6.45, 7) is 0. The minimum atomic E-state index is -1.29. The molecule has 0 saturated carbocycles. The molecule has 0 aliphatic rings. The van der Waals surface area contributed by atoms with Gasteiger partial charge in [-0.25, -0.2) is 4.79 Å². The van der Waals surface area contributed by atoms with Gasteiger partial charge in [-0.1, -0.05) is 0 Å². The molecular weight excluding hydrogens is 230 g/mol. The Hall–Kier alpha value is -2.70. The molecule has 0 spiro atoms. The maximum atomic E-state index is 10.7. The van der Waals surface area contributed by atoms with Gasteiger partial charge in [0.2, 0.25) is 0 Å². The Bertz CT molecular complexity index is 520. The zero-order valence-electron chi connectivity index (χ0n) is 8.36. The first-order valence-corrected chi connectivity index (χ1v) is 4.33. The Morgan fingerprint density at radius 3 is 2.47 bits per heavy atom. The molecule has 0 aliphatic heterocycles. The Morgan fingerprint density at radius 2 is 2.06 bits per heavy atom. The number of nitro benzene ring substituents is 1. The van der Waals surface area contributed by atoms with Gasteiger partial charge < -0.3 is 10.2 Å². The number of carboxylic acid groups (broad SMARTS) is 1. The highest BCUT2D eigenvalue weighted by Crippen LogP contribution is 2.25. The van der Waals surface area contributed by atoms with Crippen LogP contribution in [0, 0.1) is 10.1 Å². The number of benzene rings is 1. The van der Waals surface area contributed by atoms with Crippen molar-refractivity contribution >= 4 is 23.5 Å². The van der Waals surface area contributed by atoms with E-state index in [4.69, 9.17) is 10.2 Å². The number of carbonyl (C=O) groups excluding carboxylic acids is 1. The van der Waals surface area contributed by atoms with E-state index >= 15 is 0 Å². The topological polar surface area (TPSA) is 118 Å². The van der Waals surface area contributed by atoms with Crippen molar-refractivity contribution in [1.29, 1.82) is 0 Å². The van der Waals surface area contributed by atoms with Crippen LogP contribution in [-0.2, 0) is 4.79 Å². The lowest BCUT2D eigenvalue weighted by Gasteiger charge is -2.02. The third-order valence-electron chi connectivity index (χ3n) is 2.02. The lowest BCUT2D eigenvalue weighted by atomic mass is 10.0. The maximum Gasteiger partial charge on any atom is 0.335 e. The number of aliphatic hydroxyl groups is 1. The molecule has 0 amide bonds. The van der Waals surface area contributed by atoms with Gasteiger partial charge in [-0.05, 0) is 12.1 Å². The molecule has 0 unspecified atom stereocenters. The summed E-state index contributed by atoms with van der Waals surface area (Å²) in [5.74, 6) is -1.29. The third kappa shape index (κ3) is 2.46. The molecule has 0 radical (unpaired) electrons. The van der Waals surface area contributed by atoms with E-state index in [9.17, 15) is 19.7 Å². The van der Waals surface area contributed by atoms with Crippen LogP contribution in [0.3, 0.4) is 0 Å². The fourth-order valence-electron chi connectivity index (χ4n) is 1.22. The first kappa shape index (κ1) is 12.4. The second kappa shape index (κ2) is 4.88. The number of rotatable bonds is 4. The van der Waals surface area contributed by atoms with Crippen molar-refractivity contribution in [2.24, 2.45) is 0 Å². The van der Waals surface area contributed by atoms with Gasteiger partial charge in [-0.15, -0.1) is 0 Å². The molecule has 0 aliphatic carbocycles. The monoisotopic (exact) mass is 237 g/mol. The van der Waals surface area contributed by atoms with Crippen LogP contribution in [0.5, 0.6) is 0 Å². The summed E-state index contributed by atoms with van der Waals surface area (Å²) in [6.07, 6.45) is 0.592. The van der Waals surface area contributed by atoms with Crippen molar-refractivity contribution in [3.05, 3.63) is 45.7 Å². The zero-order valence-corrected chi connectivity index (χ0v) is 8.36. The lowest BCUT2D eigenvalue weighted by molar-refractivity contribution is -0.385. The summed E-state index contributed by atoms with van der Waals surface area (Å²) in [7, 11) is 0. The number of aldehydes is 1. The van der Waals surface area contributed by atoms with Gasteiger partial charge in [0.15, 0.2) is 6.29 Å². The standard InChI is InChI=1S/C10H7NO6/c12-4-7(5-13)8-3-6(10(14)15)1-2-9(8)11(16)17/h1-5,12H,(H,14,15)/b7-4-. The van der Waals surface area contributed by atoms with Gasteiger partial charge in [0.05, 0.1) is 27.9 Å². The number of nitro groups is 1. The van der Waals surface area contributed by atoms with Crippen LogP contribution in [0.4, 0.5) is 5.69 Å². The van der Waals surface area contributed by atoms with Crippen LogP contribution in [0.25, 0.3) is 5.57 Å². The van der Waals surface area contributed by atoms with Crippen molar-refractivity contribution < 1.29 is 24.7 Å². The Kier molecular flexibility index (Phi) is 3.55. The largest absolute Gasteiger partial charge is 0.515 e. The van der Waals surface area contributed by atoms with Crippen molar-refractivity contribution in [3.63, 3.8) is 0 Å². The SMILES string of the molecule is O=C/C(=C/O)c1cc(C(=O)O)ccc1[N+](=O)[O-]. The Morgan fingerprint density at radius 1 is 1.41 bits per heavy atom. The van der Waals surface area contributed by atoms with Crippen molar-refractivity contribution in [2.45, 2.75) is 0 Å². The molecular formula is C10H7NO6. The van der Waals surface area contributed by atoms with Crippen LogP contribution in [0.15, 0.2) is 24.5 Å². The first-order chi connectivity index (χ1) is 8.01. The molecule has 1 aromatic carbocycles. The highest BCUT2D eigenvalue weighted by molar-refractivity contribution is 6.08. The van der Waals surface area contributed by atoms with Crippen LogP contribution in [0.2, 0.25) is 0 Å². The summed E-state index contributed by atoms with van der Waals surface area (Å²) in [4.78, 5) is 31.2. The van der Waals surface area contributed by atoms with Gasteiger partial charge in [0, 0.05) is 6.07 Å². The number of carboxylic acids is 1. The minimum Gasteiger partial charge on any atom is -0.515 e. The number of allylic oxidation sites excluding steroid dienone is 1. The zero-order chi connectivity index (χ0) is 13.0. The van der Waals surface area contributed by atoms with E-state index in [1.807, 2.05) is 0 Å². The van der Waals surface area contributed by atoms with Gasteiger partial charge in [-0.2, -0.15) is 0 Å². The van der Waals surface area contributed by atoms with E-state index in [0.29, 0.717) is 6.26 Å². The van der Waals surface area contributed by atoms with Crippen LogP contribution in [-0.4, -0.2) is 27.4 Å². The number of nitrogens with zero attached hydrogens (tertiary/aromatic N) is 1. The van der Waals surface area contributed by atoms with E-state index < -0.39 is 16.6 Å². The molecule has 88 valence electrons. The lowest BCUT2D eigenvalue weighted by Crippen LogP contribution is -2.01. The van der Waals surface area contributed by atoms with Crippen LogP contribution >= 0.6 is 0 Å². The quantitative estimate of drug-likeness (QED) is 0.268. The molecule has 2 N–H and O–H groups in total. The summed E-state index contributed by atoms with van der Waals surface area (Å²) in [5, 5.41) is 28.2. The van der Waals surface area contributed by atoms with Gasteiger partial charge in [0.25, 0.3) is 5.69 Å². The number of aromatic carboxylic acids is 1. The fourth-order valence-corrected chi connectivity index (χ4v) is 1.22. The van der Waals surface area contributed by atoms with Crippen molar-refractivity contribution in [3.8, 4) is 0 Å². The number of hydrogen-bond donors (Lipinski definition) is 2. The molecule has 0 aromatic heterocycles. The summed E-state index contributed by atoms with van der Waals surface area (Å²) in [5.41, 5.74) is -1.28. The highest BCUT2D eigenvalue weighted by atomic mass is 16.6. The molecule has 1 aromatic rings. The number of carbonyl (C=O) groups is 2. The van der Waals surface area contributed by atoms with Crippen LogP contribution in [0.1, 0.15) is 15.9 Å². The smallest absolute Gasteiger partial charge is 0.335 e. The average Bonchev–Trinajstić information content (AvgIpc) is 2.30. The van der Waals surface area contributed by atoms with E-state index in [0.717, 1.165) is 18.2 Å². The molecule has 0 heterocycles. The molecule has 0 saturated heterocycles. The first-order valence-electron chi connectivity index (χ1n) is 4.33. The van der Waals surface area contributed by atoms with Crippen LogP contribution < -0.4 is 0 Å². The fraction of sp³-hybridized carbons (Fsp3) is 0. The Labute approximate surface area is 94.8 Å². The van der Waals surface area contributed by atoms with E-state index in [1.165, 1.54) is 0 Å². The van der Waals surface area contributed by atoms with Gasteiger partial charge in [-0.3, -0.25) is 14.9 Å². The molecule has 1 rings (SSSR count). The summed E-state index contributed by atoms with van der Waals surface area (Å²) >= 11 is 0. The minimum absolute atomic E-state index is 0.202. The second-order valence-corrected chi connectivity index (χ2v) is 3.00. The molecule has 7 nitrogen and oxygen atoms in total. The average molecular weight is 237 g/mol. The number of hydrogen-bond acceptors (Lipinski definition) is 5. The van der Waals surface area contributed by atoms with Gasteiger partial charge in [0.1, 0.15) is 0 Å². The van der Waals surface area contributed by atoms with E-state index in [-0.39, 0.29) is 23.0 Å². The van der Waals surface area contributed by atoms with Gasteiger partial charge >= 0.3 is 5.97 Å². The Balaban J connectivity index is 3.50. The third-order valence-corrected chi connectivity index (χ3v) is 2.02. The predicted octanol–water partition coefficient (Wildman–Crippen LogP) is 1.39. The van der Waals surface area contributed by atoms with Crippen molar-refractivity contribution in [1.82, 2.24) is 0 Å². The molecule has 0 bridgehead atoms. The van der Waals surface area contributed by atoms with Crippen molar-refractivity contribution in [2.75, 3.05) is 0 Å². The highest BCUT2D eigenvalue weighted by Gasteiger charge is 2.19. The molecule has 17 heavy (non-hydrogen) atoms. The van der Waals surface area contributed by atoms with E-state index in [2.05, 4.69) is 0 Å². The van der Waals surface area contributed by atoms with E-state index in [1.54, 1.807) is 0 Å². The molecule has 7 heteroatoms.